The molecule has 0 fully saturated rings. The molecule has 2 rings (SSSR count). The van der Waals surface area contributed by atoms with Gasteiger partial charge in [-0.25, -0.2) is 0 Å². The van der Waals surface area contributed by atoms with Crippen molar-refractivity contribution in [2.24, 2.45) is 0 Å². The number of benzene rings is 2. The molecule has 0 aromatic heterocycles. The number of fused-ring (bicyclic) bond motifs is 1. The van der Waals surface area contributed by atoms with E-state index < -0.39 is 12.1 Å². The molecule has 2 aromatic rings. The number of halogens is 4. The number of rotatable bonds is 8. The molecule has 2 atom stereocenters. The molecule has 0 saturated carbocycles. The number of hydrogen-bond donors (Lipinski definition) is 0. The first-order chi connectivity index (χ1) is 11.4. The zero-order valence-electron chi connectivity index (χ0n) is 14.0. The van der Waals surface area contributed by atoms with E-state index in [1.54, 1.807) is 24.3 Å². The molecule has 132 valence electrons. The minimum Gasteiger partial charge on any atom is -0.170 e. The quantitative estimate of drug-likeness (QED) is 0.315. The van der Waals surface area contributed by atoms with Gasteiger partial charge < -0.3 is 0 Å². The van der Waals surface area contributed by atoms with Crippen LogP contribution in [0.4, 0.5) is 13.2 Å². The van der Waals surface area contributed by atoms with Crippen LogP contribution in [-0.4, -0.2) is 11.0 Å². The average molecular weight is 401 g/mol. The molecule has 0 radical (unpaired) electrons. The monoisotopic (exact) mass is 400 g/mol. The van der Waals surface area contributed by atoms with Crippen molar-refractivity contribution in [3.8, 4) is 0 Å². The van der Waals surface area contributed by atoms with Crippen LogP contribution in [0.2, 0.25) is 0 Å². The lowest BCUT2D eigenvalue weighted by molar-refractivity contribution is -0.151. The summed E-state index contributed by atoms with van der Waals surface area (Å²) in [5.41, 5.74) is 0.388. The van der Waals surface area contributed by atoms with Crippen LogP contribution in [0.3, 0.4) is 0 Å². The molecular formula is C20H24BrF3. The zero-order valence-corrected chi connectivity index (χ0v) is 15.5. The van der Waals surface area contributed by atoms with Crippen molar-refractivity contribution in [1.29, 1.82) is 0 Å². The van der Waals surface area contributed by atoms with E-state index in [4.69, 9.17) is 0 Å². The molecule has 0 bridgehead atoms. The predicted molar refractivity (Wildman–Crippen MR) is 98.8 cm³/mol. The second-order valence-electron chi connectivity index (χ2n) is 6.34. The summed E-state index contributed by atoms with van der Waals surface area (Å²) in [7, 11) is 0. The normalized spacial score (nSPS) is 14.7. The first kappa shape index (κ1) is 19.3. The van der Waals surface area contributed by atoms with Gasteiger partial charge in [-0.2, -0.15) is 13.2 Å². The summed E-state index contributed by atoms with van der Waals surface area (Å²) in [6, 6.07) is 12.5. The first-order valence-electron chi connectivity index (χ1n) is 8.62. The lowest BCUT2D eigenvalue weighted by Crippen LogP contribution is -2.24. The van der Waals surface area contributed by atoms with Crippen LogP contribution < -0.4 is 0 Å². The van der Waals surface area contributed by atoms with E-state index in [9.17, 15) is 13.2 Å². The number of alkyl halides is 4. The lowest BCUT2D eigenvalue weighted by atomic mass is 9.88. The molecule has 0 heterocycles. The van der Waals surface area contributed by atoms with Crippen LogP contribution >= 0.6 is 15.9 Å². The van der Waals surface area contributed by atoms with Crippen molar-refractivity contribution in [3.05, 3.63) is 48.0 Å². The first-order valence-corrected chi connectivity index (χ1v) is 9.53. The standard InChI is InChI=1S/C20H24BrF3/c1-2-3-4-5-11-16(21)14-19(20(22,23)24)18-13-8-10-15-9-6-7-12-17(15)18/h6-10,12-13,16,19H,2-5,11,14H2,1H3/t16-,19+/m1/s1. The van der Waals surface area contributed by atoms with Crippen molar-refractivity contribution >= 4 is 26.7 Å². The van der Waals surface area contributed by atoms with Gasteiger partial charge in [0.25, 0.3) is 0 Å². The Morgan fingerprint density at radius 2 is 1.67 bits per heavy atom. The van der Waals surface area contributed by atoms with Crippen LogP contribution in [0.15, 0.2) is 42.5 Å². The van der Waals surface area contributed by atoms with Gasteiger partial charge in [-0.15, -0.1) is 0 Å². The van der Waals surface area contributed by atoms with Gasteiger partial charge in [0.05, 0.1) is 5.92 Å². The Bertz CT molecular complexity index is 631. The Morgan fingerprint density at radius 3 is 2.38 bits per heavy atom. The van der Waals surface area contributed by atoms with Crippen molar-refractivity contribution in [2.75, 3.05) is 0 Å². The molecule has 0 unspecified atom stereocenters. The highest BCUT2D eigenvalue weighted by molar-refractivity contribution is 9.09. The minimum atomic E-state index is -4.24. The summed E-state index contributed by atoms with van der Waals surface area (Å²) in [4.78, 5) is -0.111. The van der Waals surface area contributed by atoms with Gasteiger partial charge >= 0.3 is 6.18 Å². The third-order valence-electron chi connectivity index (χ3n) is 4.46. The lowest BCUT2D eigenvalue weighted by Gasteiger charge is -2.24. The largest absolute Gasteiger partial charge is 0.395 e. The summed E-state index contributed by atoms with van der Waals surface area (Å²) < 4.78 is 41.1. The summed E-state index contributed by atoms with van der Waals surface area (Å²) in [5, 5.41) is 1.56. The topological polar surface area (TPSA) is 0 Å². The van der Waals surface area contributed by atoms with Gasteiger partial charge in [-0.1, -0.05) is 91.0 Å². The van der Waals surface area contributed by atoms with E-state index in [0.717, 1.165) is 37.5 Å². The van der Waals surface area contributed by atoms with Crippen LogP contribution in [0.5, 0.6) is 0 Å². The third kappa shape index (κ3) is 5.23. The molecule has 2 aromatic carbocycles. The van der Waals surface area contributed by atoms with Crippen molar-refractivity contribution in [3.63, 3.8) is 0 Å². The Hall–Kier alpha value is -1.03. The Kier molecular flexibility index (Phi) is 7.15. The second kappa shape index (κ2) is 8.89. The van der Waals surface area contributed by atoms with Crippen molar-refractivity contribution in [1.82, 2.24) is 0 Å². The molecule has 0 aliphatic carbocycles. The van der Waals surface area contributed by atoms with Gasteiger partial charge in [0.2, 0.25) is 0 Å². The highest BCUT2D eigenvalue weighted by atomic mass is 79.9. The maximum absolute atomic E-state index is 13.7. The zero-order chi connectivity index (χ0) is 17.6. The molecule has 24 heavy (non-hydrogen) atoms. The summed E-state index contributed by atoms with van der Waals surface area (Å²) in [6.07, 6.45) is 0.980. The smallest absolute Gasteiger partial charge is 0.170 e. The molecule has 0 N–H and O–H groups in total. The van der Waals surface area contributed by atoms with E-state index in [2.05, 4.69) is 22.9 Å². The highest BCUT2D eigenvalue weighted by Crippen LogP contribution is 2.42. The van der Waals surface area contributed by atoms with Gasteiger partial charge in [0.15, 0.2) is 0 Å². The van der Waals surface area contributed by atoms with Crippen molar-refractivity contribution < 1.29 is 13.2 Å². The van der Waals surface area contributed by atoms with E-state index >= 15 is 0 Å². The van der Waals surface area contributed by atoms with Gasteiger partial charge in [0, 0.05) is 4.83 Å². The average Bonchev–Trinajstić information content (AvgIpc) is 2.55. The molecule has 0 aliphatic heterocycles. The SMILES string of the molecule is CCCCCC[C@@H](Br)C[C@@H](c1cccc2ccccc12)C(F)(F)F. The van der Waals surface area contributed by atoms with Gasteiger partial charge in [0.1, 0.15) is 0 Å². The minimum absolute atomic E-state index is 0.0869. The molecule has 4 heteroatoms. The van der Waals surface area contributed by atoms with Crippen LogP contribution in [0.1, 0.15) is 56.9 Å². The van der Waals surface area contributed by atoms with E-state index in [1.807, 2.05) is 18.2 Å². The van der Waals surface area contributed by atoms with Crippen molar-refractivity contribution in [2.45, 2.75) is 62.4 Å². The van der Waals surface area contributed by atoms with Gasteiger partial charge in [-0.05, 0) is 29.2 Å². The second-order valence-corrected chi connectivity index (χ2v) is 7.64. The molecular weight excluding hydrogens is 377 g/mol. The van der Waals surface area contributed by atoms with Crippen LogP contribution in [0, 0.1) is 0 Å². The van der Waals surface area contributed by atoms with E-state index in [-0.39, 0.29) is 11.2 Å². The fourth-order valence-electron chi connectivity index (χ4n) is 3.16. The Labute approximate surface area is 150 Å². The summed E-state index contributed by atoms with van der Waals surface area (Å²) >= 11 is 3.48. The number of unbranched alkanes of at least 4 members (excludes halogenated alkanes) is 3. The highest BCUT2D eigenvalue weighted by Gasteiger charge is 2.42. The Morgan fingerprint density at radius 1 is 0.958 bits per heavy atom. The van der Waals surface area contributed by atoms with E-state index in [0.29, 0.717) is 10.9 Å². The molecule has 0 nitrogen and oxygen atoms in total. The fraction of sp³-hybridized carbons (Fsp3) is 0.500. The molecule has 0 spiro atoms. The predicted octanol–water partition coefficient (Wildman–Crippen LogP) is 7.61. The Balaban J connectivity index is 2.19. The maximum atomic E-state index is 13.7. The third-order valence-corrected chi connectivity index (χ3v) is 5.29. The molecule has 0 saturated heterocycles. The van der Waals surface area contributed by atoms with E-state index in [1.165, 1.54) is 0 Å². The summed E-state index contributed by atoms with van der Waals surface area (Å²) in [6.45, 7) is 2.13. The summed E-state index contributed by atoms with van der Waals surface area (Å²) in [5.74, 6) is -1.43. The molecule has 0 aliphatic rings. The fourth-order valence-corrected chi connectivity index (χ4v) is 3.86. The number of hydrogen-bond acceptors (Lipinski definition) is 0. The molecule has 0 amide bonds. The van der Waals surface area contributed by atoms with Crippen LogP contribution in [-0.2, 0) is 0 Å². The van der Waals surface area contributed by atoms with Crippen LogP contribution in [0.25, 0.3) is 10.8 Å². The maximum Gasteiger partial charge on any atom is 0.395 e. The van der Waals surface area contributed by atoms with Gasteiger partial charge in [-0.3, -0.25) is 0 Å².